The van der Waals surface area contributed by atoms with Crippen LogP contribution in [0.15, 0.2) is 46.2 Å². The Hall–Kier alpha value is -2.15. The van der Waals surface area contributed by atoms with Gasteiger partial charge in [-0.15, -0.1) is 0 Å². The summed E-state index contributed by atoms with van der Waals surface area (Å²) in [4.78, 5) is 16.0. The maximum absolute atomic E-state index is 13.3. The Bertz CT molecular complexity index is 1250. The molecule has 0 unspecified atom stereocenters. The Morgan fingerprint density at radius 1 is 0.618 bits per heavy atom. The number of carbonyl (C=O) groups is 1. The van der Waals surface area contributed by atoms with E-state index in [2.05, 4.69) is 0 Å². The van der Waals surface area contributed by atoms with Crippen molar-refractivity contribution in [3.63, 3.8) is 0 Å². The minimum Gasteiger partial charge on any atom is -0.335 e. The second kappa shape index (κ2) is 8.51. The number of quaternary nitrogens is 2. The van der Waals surface area contributed by atoms with E-state index in [1.54, 1.807) is 24.3 Å². The van der Waals surface area contributed by atoms with Gasteiger partial charge in [0.25, 0.3) is 0 Å². The van der Waals surface area contributed by atoms with Crippen molar-refractivity contribution in [3.8, 4) is 11.1 Å². The molecule has 2 fully saturated rings. The Balaban J connectivity index is 1.46. The molecule has 182 valence electrons. The van der Waals surface area contributed by atoms with Gasteiger partial charge in [0, 0.05) is 11.1 Å². The van der Waals surface area contributed by atoms with Gasteiger partial charge in [0.2, 0.25) is 20.0 Å². The molecule has 2 heterocycles. The molecule has 0 spiro atoms. The number of fused-ring (bicyclic) bond motifs is 3. The first-order valence-corrected chi connectivity index (χ1v) is 14.4. The number of hydrogen-bond donors (Lipinski definition) is 2. The van der Waals surface area contributed by atoms with Gasteiger partial charge in [-0.2, -0.15) is 8.61 Å². The molecule has 3 aliphatic rings. The number of benzene rings is 2. The molecule has 2 aromatic rings. The molecule has 0 amide bonds. The number of rotatable bonds is 4. The third kappa shape index (κ3) is 3.90. The van der Waals surface area contributed by atoms with Gasteiger partial charge < -0.3 is 9.80 Å². The van der Waals surface area contributed by atoms with E-state index < -0.39 is 20.0 Å². The Morgan fingerprint density at radius 2 is 0.971 bits per heavy atom. The van der Waals surface area contributed by atoms with E-state index in [0.29, 0.717) is 48.4 Å². The standard InChI is InChI=1S/C23H28N4O5S2/c1-24-7-11-26(12-8-24)33(29,30)17-3-5-19-20-6-4-18(16-22(20)23(28)21(19)15-17)34(31,32)27-13-9-25(2)10-14-27/h3-6,15-16H,7-14H2,1-2H3/p+2. The van der Waals surface area contributed by atoms with Crippen LogP contribution in [0.4, 0.5) is 0 Å². The molecular weight excluding hydrogens is 476 g/mol. The average molecular weight is 507 g/mol. The Kier molecular flexibility index (Phi) is 5.90. The summed E-state index contributed by atoms with van der Waals surface area (Å²) in [5, 5.41) is 0. The molecule has 5 rings (SSSR count). The number of nitrogens with zero attached hydrogens (tertiary/aromatic N) is 2. The van der Waals surface area contributed by atoms with Crippen molar-refractivity contribution in [2.24, 2.45) is 0 Å². The van der Waals surface area contributed by atoms with Crippen LogP contribution < -0.4 is 9.80 Å². The summed E-state index contributed by atoms with van der Waals surface area (Å²) < 4.78 is 55.6. The largest absolute Gasteiger partial charge is 0.335 e. The Labute approximate surface area is 200 Å². The highest BCUT2D eigenvalue weighted by Gasteiger charge is 2.35. The number of nitrogens with one attached hydrogen (secondary N) is 2. The first kappa shape index (κ1) is 23.6. The number of hydrogen-bond acceptors (Lipinski definition) is 5. The fourth-order valence-electron chi connectivity index (χ4n) is 4.87. The maximum Gasteiger partial charge on any atom is 0.243 e. The second-order valence-electron chi connectivity index (χ2n) is 9.47. The van der Waals surface area contributed by atoms with Crippen LogP contribution >= 0.6 is 0 Å². The van der Waals surface area contributed by atoms with Gasteiger partial charge in [-0.1, -0.05) is 12.1 Å². The van der Waals surface area contributed by atoms with Gasteiger partial charge in [0.15, 0.2) is 5.78 Å². The molecule has 0 radical (unpaired) electrons. The first-order valence-electron chi connectivity index (χ1n) is 11.5. The molecule has 11 heteroatoms. The maximum atomic E-state index is 13.3. The molecule has 2 saturated heterocycles. The van der Waals surface area contributed by atoms with Crippen molar-refractivity contribution in [3.05, 3.63) is 47.5 Å². The summed E-state index contributed by atoms with van der Waals surface area (Å²) >= 11 is 0. The summed E-state index contributed by atoms with van der Waals surface area (Å²) in [6, 6.07) is 9.28. The van der Waals surface area contributed by atoms with Crippen LogP contribution in [-0.4, -0.2) is 97.7 Å². The summed E-state index contributed by atoms with van der Waals surface area (Å²) in [5.41, 5.74) is 1.87. The van der Waals surface area contributed by atoms with Crippen LogP contribution in [-0.2, 0) is 20.0 Å². The van der Waals surface area contributed by atoms with Crippen LogP contribution in [0.25, 0.3) is 11.1 Å². The number of sulfonamides is 2. The van der Waals surface area contributed by atoms with E-state index in [4.69, 9.17) is 0 Å². The van der Waals surface area contributed by atoms with Gasteiger partial charge >= 0.3 is 0 Å². The van der Waals surface area contributed by atoms with E-state index in [-0.39, 0.29) is 15.6 Å². The third-order valence-corrected chi connectivity index (χ3v) is 11.0. The van der Waals surface area contributed by atoms with Crippen molar-refractivity contribution in [2.45, 2.75) is 9.79 Å². The fraction of sp³-hybridized carbons (Fsp3) is 0.435. The predicted octanol–water partition coefficient (Wildman–Crippen LogP) is -2.06. The zero-order valence-corrected chi connectivity index (χ0v) is 21.0. The lowest BCUT2D eigenvalue weighted by molar-refractivity contribution is -0.883. The lowest BCUT2D eigenvalue weighted by Gasteiger charge is -2.29. The zero-order chi connectivity index (χ0) is 24.3. The van der Waals surface area contributed by atoms with Gasteiger partial charge in [-0.05, 0) is 35.4 Å². The molecule has 9 nitrogen and oxygen atoms in total. The van der Waals surface area contributed by atoms with Gasteiger partial charge in [0.1, 0.15) is 0 Å². The second-order valence-corrected chi connectivity index (χ2v) is 13.3. The SMILES string of the molecule is C[NH+]1CCN(S(=O)(=O)c2ccc3c(c2)C(=O)c2cc(S(=O)(=O)N4CC[NH+](C)CC4)ccc2-3)CC1. The predicted molar refractivity (Wildman–Crippen MR) is 126 cm³/mol. The molecular formula is C23H30N4O5S2+2. The van der Waals surface area contributed by atoms with Crippen molar-refractivity contribution in [1.82, 2.24) is 8.61 Å². The van der Waals surface area contributed by atoms with Crippen molar-refractivity contribution in [1.29, 1.82) is 0 Å². The molecule has 0 atom stereocenters. The van der Waals surface area contributed by atoms with E-state index in [1.165, 1.54) is 30.5 Å². The molecule has 2 aromatic carbocycles. The lowest BCUT2D eigenvalue weighted by atomic mass is 10.1. The normalized spacial score (nSPS) is 20.9. The number of piperazine rings is 2. The first-order chi connectivity index (χ1) is 16.1. The topological polar surface area (TPSA) is 101 Å². The molecule has 0 bridgehead atoms. The van der Waals surface area contributed by atoms with Crippen molar-refractivity contribution >= 4 is 25.8 Å². The molecule has 0 saturated carbocycles. The Morgan fingerprint density at radius 3 is 1.32 bits per heavy atom. The highest BCUT2D eigenvalue weighted by Crippen LogP contribution is 2.39. The molecule has 1 aliphatic carbocycles. The quantitative estimate of drug-likeness (QED) is 0.424. The van der Waals surface area contributed by atoms with Gasteiger partial charge in [0.05, 0.1) is 76.2 Å². The molecule has 2 N–H and O–H groups in total. The lowest BCUT2D eigenvalue weighted by Crippen LogP contribution is -3.12. The minimum absolute atomic E-state index is 0.0970. The third-order valence-electron chi connectivity index (χ3n) is 7.19. The summed E-state index contributed by atoms with van der Waals surface area (Å²) in [6.45, 7) is 4.70. The highest BCUT2D eigenvalue weighted by atomic mass is 32.2. The van der Waals surface area contributed by atoms with Crippen LogP contribution in [0.2, 0.25) is 0 Å². The van der Waals surface area contributed by atoms with Crippen LogP contribution in [0.1, 0.15) is 15.9 Å². The van der Waals surface area contributed by atoms with Gasteiger partial charge in [-0.25, -0.2) is 16.8 Å². The molecule has 2 aliphatic heterocycles. The number of ketones is 1. The van der Waals surface area contributed by atoms with Crippen LogP contribution in [0, 0.1) is 0 Å². The summed E-state index contributed by atoms with van der Waals surface area (Å²) in [5.74, 6) is -0.343. The van der Waals surface area contributed by atoms with E-state index >= 15 is 0 Å². The minimum atomic E-state index is -3.71. The van der Waals surface area contributed by atoms with Crippen molar-refractivity contribution in [2.75, 3.05) is 66.5 Å². The fourth-order valence-corrected chi connectivity index (χ4v) is 7.81. The smallest absolute Gasteiger partial charge is 0.243 e. The summed E-state index contributed by atoms with van der Waals surface area (Å²) in [7, 11) is -3.34. The average Bonchev–Trinajstić information content (AvgIpc) is 3.11. The number of likely N-dealkylation sites (N-methyl/N-ethyl adjacent to an activating group) is 2. The summed E-state index contributed by atoms with van der Waals surface area (Å²) in [6.07, 6.45) is 0. The van der Waals surface area contributed by atoms with Gasteiger partial charge in [-0.3, -0.25) is 4.79 Å². The van der Waals surface area contributed by atoms with E-state index in [1.807, 2.05) is 14.1 Å². The van der Waals surface area contributed by atoms with E-state index in [0.717, 1.165) is 26.2 Å². The molecule has 34 heavy (non-hydrogen) atoms. The van der Waals surface area contributed by atoms with E-state index in [9.17, 15) is 21.6 Å². The van der Waals surface area contributed by atoms with Crippen LogP contribution in [0.5, 0.6) is 0 Å². The highest BCUT2D eigenvalue weighted by molar-refractivity contribution is 7.89. The number of carbonyl (C=O) groups excluding carboxylic acids is 1. The van der Waals surface area contributed by atoms with Crippen LogP contribution in [0.3, 0.4) is 0 Å². The zero-order valence-electron chi connectivity index (χ0n) is 19.4. The van der Waals surface area contributed by atoms with Crippen molar-refractivity contribution < 1.29 is 31.4 Å². The molecule has 0 aromatic heterocycles. The monoisotopic (exact) mass is 506 g/mol.